The van der Waals surface area contributed by atoms with Crippen LogP contribution in [0.25, 0.3) is 0 Å². The van der Waals surface area contributed by atoms with E-state index in [-0.39, 0.29) is 16.9 Å². The average Bonchev–Trinajstić information content (AvgIpc) is 2.68. The molecule has 0 bridgehead atoms. The highest BCUT2D eigenvalue weighted by Crippen LogP contribution is 2.31. The van der Waals surface area contributed by atoms with Crippen molar-refractivity contribution >= 4 is 29.1 Å². The molecule has 0 aliphatic carbocycles. The van der Waals surface area contributed by atoms with Crippen LogP contribution in [0.5, 0.6) is 0 Å². The Bertz CT molecular complexity index is 699. The Kier molecular flexibility index (Phi) is 7.47. The predicted octanol–water partition coefficient (Wildman–Crippen LogP) is 2.35. The normalized spacial score (nSPS) is 21.1. The predicted molar refractivity (Wildman–Crippen MR) is 109 cm³/mol. The second-order valence-electron chi connectivity index (χ2n) is 7.46. The number of anilines is 2. The quantitative estimate of drug-likeness (QED) is 0.688. The number of alkyl halides is 3. The van der Waals surface area contributed by atoms with Gasteiger partial charge in [-0.15, -0.1) is 0 Å². The largest absolute Gasteiger partial charge is 0.433 e. The van der Waals surface area contributed by atoms with Gasteiger partial charge in [0.1, 0.15) is 5.82 Å². The van der Waals surface area contributed by atoms with Crippen molar-refractivity contribution < 1.29 is 17.9 Å². The molecule has 2 fully saturated rings. The lowest BCUT2D eigenvalue weighted by Gasteiger charge is -2.32. The number of nitrogens with zero attached hydrogens (tertiary/aromatic N) is 4. The third-order valence-electron chi connectivity index (χ3n) is 5.03. The van der Waals surface area contributed by atoms with Crippen molar-refractivity contribution in [3.05, 3.63) is 11.8 Å². The summed E-state index contributed by atoms with van der Waals surface area (Å²) in [7, 11) is 0. The lowest BCUT2D eigenvalue weighted by Crippen LogP contribution is -2.42. The fourth-order valence-corrected chi connectivity index (χ4v) is 3.69. The second-order valence-corrected chi connectivity index (χ2v) is 7.87. The number of nitrogens with one attached hydrogen (secondary N) is 2. The third kappa shape index (κ3) is 6.65. The topological polar surface area (TPSA) is 65.6 Å². The molecule has 7 nitrogen and oxygen atoms in total. The van der Waals surface area contributed by atoms with E-state index in [2.05, 4.69) is 32.4 Å². The molecule has 2 N–H and O–H groups in total. The SMILES string of the molecule is CC1CCCN(c2cc(C(F)(F)F)nc(NC(=S)NCCN3CCOCC3)n2)C1. The molecule has 2 aliphatic rings. The number of thiocarbonyl (C=S) groups is 1. The van der Waals surface area contributed by atoms with E-state index in [1.807, 2.05) is 4.90 Å². The van der Waals surface area contributed by atoms with Gasteiger partial charge in [-0.25, -0.2) is 4.98 Å². The van der Waals surface area contributed by atoms with E-state index < -0.39 is 11.9 Å². The number of hydrogen-bond acceptors (Lipinski definition) is 6. The van der Waals surface area contributed by atoms with Gasteiger partial charge >= 0.3 is 6.18 Å². The summed E-state index contributed by atoms with van der Waals surface area (Å²) in [6.07, 6.45) is -2.56. The number of rotatable bonds is 5. The molecular formula is C18H27F3N6OS. The Morgan fingerprint density at radius 1 is 1.28 bits per heavy atom. The molecule has 0 amide bonds. The molecule has 0 aromatic carbocycles. The zero-order chi connectivity index (χ0) is 20.9. The highest BCUT2D eigenvalue weighted by molar-refractivity contribution is 7.80. The lowest BCUT2D eigenvalue weighted by atomic mass is 10.0. The molecule has 162 valence electrons. The molecule has 0 radical (unpaired) electrons. The minimum Gasteiger partial charge on any atom is -0.379 e. The van der Waals surface area contributed by atoms with E-state index in [1.165, 1.54) is 0 Å². The molecule has 0 spiro atoms. The molecule has 29 heavy (non-hydrogen) atoms. The van der Waals surface area contributed by atoms with Crippen LogP contribution in [0.1, 0.15) is 25.5 Å². The van der Waals surface area contributed by atoms with Gasteiger partial charge in [0.05, 0.1) is 13.2 Å². The number of halogens is 3. The highest BCUT2D eigenvalue weighted by Gasteiger charge is 2.34. The first-order chi connectivity index (χ1) is 13.8. The van der Waals surface area contributed by atoms with Crippen LogP contribution in [0.4, 0.5) is 24.9 Å². The summed E-state index contributed by atoms with van der Waals surface area (Å²) in [6.45, 7) is 7.91. The molecule has 1 aromatic rings. The Balaban J connectivity index is 1.63. The maximum atomic E-state index is 13.3. The molecule has 11 heteroatoms. The van der Waals surface area contributed by atoms with Gasteiger partial charge in [0.15, 0.2) is 10.8 Å². The summed E-state index contributed by atoms with van der Waals surface area (Å²) < 4.78 is 45.3. The Morgan fingerprint density at radius 2 is 2.03 bits per heavy atom. The fourth-order valence-electron chi connectivity index (χ4n) is 3.49. The number of aromatic nitrogens is 2. The lowest BCUT2D eigenvalue weighted by molar-refractivity contribution is -0.141. The Hall–Kier alpha value is -1.72. The van der Waals surface area contributed by atoms with Crippen LogP contribution in [-0.4, -0.2) is 72.5 Å². The minimum absolute atomic E-state index is 0.142. The summed E-state index contributed by atoms with van der Waals surface area (Å²) in [5.74, 6) is 0.543. The number of piperidine rings is 1. The molecule has 3 heterocycles. The minimum atomic E-state index is -4.55. The van der Waals surface area contributed by atoms with Crippen molar-refractivity contribution in [2.75, 3.05) is 62.7 Å². The first-order valence-corrected chi connectivity index (χ1v) is 10.3. The van der Waals surface area contributed by atoms with Crippen LogP contribution in [0, 0.1) is 5.92 Å². The van der Waals surface area contributed by atoms with E-state index in [4.69, 9.17) is 17.0 Å². The van der Waals surface area contributed by atoms with Gasteiger partial charge in [-0.3, -0.25) is 4.90 Å². The van der Waals surface area contributed by atoms with Gasteiger partial charge in [-0.05, 0) is 31.0 Å². The van der Waals surface area contributed by atoms with Crippen LogP contribution in [-0.2, 0) is 10.9 Å². The zero-order valence-corrected chi connectivity index (χ0v) is 17.3. The maximum Gasteiger partial charge on any atom is 0.433 e. The number of morpholine rings is 1. The van der Waals surface area contributed by atoms with E-state index in [0.717, 1.165) is 38.5 Å². The summed E-state index contributed by atoms with van der Waals surface area (Å²) >= 11 is 5.22. The molecule has 2 aliphatic heterocycles. The van der Waals surface area contributed by atoms with Gasteiger partial charge in [0, 0.05) is 45.3 Å². The van der Waals surface area contributed by atoms with Crippen LogP contribution in [0.15, 0.2) is 6.07 Å². The molecule has 1 aromatic heterocycles. The Morgan fingerprint density at radius 3 is 2.72 bits per heavy atom. The Labute approximate surface area is 174 Å². The number of hydrogen-bond donors (Lipinski definition) is 2. The summed E-state index contributed by atoms with van der Waals surface area (Å²) in [5, 5.41) is 5.92. The summed E-state index contributed by atoms with van der Waals surface area (Å²) in [6, 6.07) is 1.01. The maximum absolute atomic E-state index is 13.3. The van der Waals surface area contributed by atoms with Crippen LogP contribution < -0.4 is 15.5 Å². The molecule has 1 unspecified atom stereocenters. The van der Waals surface area contributed by atoms with E-state index in [0.29, 0.717) is 38.8 Å². The van der Waals surface area contributed by atoms with Gasteiger partial charge in [-0.1, -0.05) is 6.92 Å². The molecular weight excluding hydrogens is 405 g/mol. The van der Waals surface area contributed by atoms with E-state index >= 15 is 0 Å². The molecule has 0 saturated carbocycles. The van der Waals surface area contributed by atoms with Crippen molar-refractivity contribution in [2.24, 2.45) is 5.92 Å². The van der Waals surface area contributed by atoms with Crippen molar-refractivity contribution in [1.29, 1.82) is 0 Å². The van der Waals surface area contributed by atoms with E-state index in [9.17, 15) is 13.2 Å². The van der Waals surface area contributed by atoms with E-state index in [1.54, 1.807) is 0 Å². The molecule has 1 atom stereocenters. The molecule has 3 rings (SSSR count). The van der Waals surface area contributed by atoms with Gasteiger partial charge in [0.2, 0.25) is 5.95 Å². The van der Waals surface area contributed by atoms with Crippen LogP contribution in [0.3, 0.4) is 0 Å². The van der Waals surface area contributed by atoms with Crippen molar-refractivity contribution in [1.82, 2.24) is 20.2 Å². The van der Waals surface area contributed by atoms with Crippen LogP contribution >= 0.6 is 12.2 Å². The van der Waals surface area contributed by atoms with Crippen molar-refractivity contribution in [2.45, 2.75) is 25.9 Å². The highest BCUT2D eigenvalue weighted by atomic mass is 32.1. The first-order valence-electron chi connectivity index (χ1n) is 9.87. The summed E-state index contributed by atoms with van der Waals surface area (Å²) in [4.78, 5) is 12.0. The average molecular weight is 433 g/mol. The fraction of sp³-hybridized carbons (Fsp3) is 0.722. The number of ether oxygens (including phenoxy) is 1. The smallest absolute Gasteiger partial charge is 0.379 e. The van der Waals surface area contributed by atoms with Crippen LogP contribution in [0.2, 0.25) is 0 Å². The summed E-state index contributed by atoms with van der Waals surface area (Å²) in [5.41, 5.74) is -0.973. The second kappa shape index (κ2) is 9.86. The van der Waals surface area contributed by atoms with Gasteiger partial charge in [-0.2, -0.15) is 18.2 Å². The van der Waals surface area contributed by atoms with Crippen molar-refractivity contribution in [3.63, 3.8) is 0 Å². The van der Waals surface area contributed by atoms with Gasteiger partial charge in [0.25, 0.3) is 0 Å². The first kappa shape index (κ1) is 22.0. The zero-order valence-electron chi connectivity index (χ0n) is 16.5. The monoisotopic (exact) mass is 432 g/mol. The van der Waals surface area contributed by atoms with Gasteiger partial charge < -0.3 is 20.3 Å². The molecule has 2 saturated heterocycles. The standard InChI is InChI=1S/C18H27F3N6OS/c1-13-3-2-5-27(12-13)15-11-14(18(19,20)21)23-16(24-15)25-17(29)22-4-6-26-7-9-28-10-8-26/h11,13H,2-10,12H2,1H3,(H2,22,23,24,25,29). The van der Waals surface area contributed by atoms with Crippen molar-refractivity contribution in [3.8, 4) is 0 Å². The third-order valence-corrected chi connectivity index (χ3v) is 5.27.